The fraction of sp³-hybridized carbons (Fsp3) is 0.900. The molecule has 2 aliphatic rings. The second-order valence-electron chi connectivity index (χ2n) is 4.33. The molecule has 3 nitrogen and oxygen atoms in total. The summed E-state index contributed by atoms with van der Waals surface area (Å²) >= 11 is 0. The van der Waals surface area contributed by atoms with E-state index in [9.17, 15) is 4.79 Å². The molecule has 1 saturated carbocycles. The molecule has 1 aliphatic heterocycles. The van der Waals surface area contributed by atoms with Crippen LogP contribution in [0.1, 0.15) is 32.6 Å². The second-order valence-corrected chi connectivity index (χ2v) is 4.33. The zero-order valence-corrected chi connectivity index (χ0v) is 8.18. The van der Waals surface area contributed by atoms with Gasteiger partial charge in [-0.2, -0.15) is 0 Å². The molecule has 0 bridgehead atoms. The van der Waals surface area contributed by atoms with E-state index in [1.54, 1.807) is 0 Å². The lowest BCUT2D eigenvalue weighted by atomic mass is 10.0. The lowest BCUT2D eigenvalue weighted by Crippen LogP contribution is -2.47. The van der Waals surface area contributed by atoms with E-state index in [-0.39, 0.29) is 11.9 Å². The monoisotopic (exact) mass is 182 g/mol. The van der Waals surface area contributed by atoms with Crippen molar-refractivity contribution in [3.63, 3.8) is 0 Å². The molecular formula is C10H18N2O. The van der Waals surface area contributed by atoms with Gasteiger partial charge in [-0.25, -0.2) is 0 Å². The van der Waals surface area contributed by atoms with E-state index >= 15 is 0 Å². The number of nitrogens with one attached hydrogen (secondary N) is 2. The van der Waals surface area contributed by atoms with Crippen molar-refractivity contribution >= 4 is 5.91 Å². The minimum atomic E-state index is 0.0848. The molecular weight excluding hydrogens is 164 g/mol. The summed E-state index contributed by atoms with van der Waals surface area (Å²) in [6, 6.07) is 0.553. The molecule has 1 amide bonds. The molecule has 3 atom stereocenters. The molecule has 1 saturated heterocycles. The fourth-order valence-corrected chi connectivity index (χ4v) is 1.88. The van der Waals surface area contributed by atoms with Crippen molar-refractivity contribution in [2.24, 2.45) is 5.92 Å². The highest BCUT2D eigenvalue weighted by Gasteiger charge is 2.35. The first-order valence-corrected chi connectivity index (χ1v) is 5.31. The minimum absolute atomic E-state index is 0.0848. The number of amides is 1. The highest BCUT2D eigenvalue weighted by Crippen LogP contribution is 2.29. The average Bonchev–Trinajstić information content (AvgIpc) is 2.83. The first-order chi connectivity index (χ1) is 6.27. The summed E-state index contributed by atoms with van der Waals surface area (Å²) < 4.78 is 0. The second kappa shape index (κ2) is 3.66. The van der Waals surface area contributed by atoms with E-state index in [1.165, 1.54) is 19.3 Å². The molecule has 2 unspecified atom stereocenters. The summed E-state index contributed by atoms with van der Waals surface area (Å²) in [5.41, 5.74) is 0. The van der Waals surface area contributed by atoms with Gasteiger partial charge in [-0.15, -0.1) is 0 Å². The molecule has 2 rings (SSSR count). The fourth-order valence-electron chi connectivity index (χ4n) is 1.88. The molecule has 0 aromatic carbocycles. The van der Waals surface area contributed by atoms with E-state index in [2.05, 4.69) is 17.6 Å². The number of carbonyl (C=O) groups excluding carboxylic acids is 1. The van der Waals surface area contributed by atoms with Crippen LogP contribution in [0.3, 0.4) is 0 Å². The first-order valence-electron chi connectivity index (χ1n) is 5.31. The van der Waals surface area contributed by atoms with Crippen LogP contribution in [0.5, 0.6) is 0 Å². The third-order valence-electron chi connectivity index (χ3n) is 3.06. The van der Waals surface area contributed by atoms with E-state index in [4.69, 9.17) is 0 Å². The van der Waals surface area contributed by atoms with Gasteiger partial charge in [0, 0.05) is 6.04 Å². The topological polar surface area (TPSA) is 41.1 Å². The smallest absolute Gasteiger partial charge is 0.237 e. The Labute approximate surface area is 79.3 Å². The molecule has 0 spiro atoms. The molecule has 0 aromatic rings. The Bertz CT molecular complexity index is 199. The molecule has 1 heterocycles. The van der Waals surface area contributed by atoms with E-state index in [1.807, 2.05) is 0 Å². The van der Waals surface area contributed by atoms with Gasteiger partial charge in [0.25, 0.3) is 0 Å². The van der Waals surface area contributed by atoms with Crippen LogP contribution in [0.15, 0.2) is 0 Å². The highest BCUT2D eigenvalue weighted by atomic mass is 16.2. The van der Waals surface area contributed by atoms with Crippen LogP contribution in [-0.4, -0.2) is 24.5 Å². The quantitative estimate of drug-likeness (QED) is 0.658. The Morgan fingerprint density at radius 2 is 2.23 bits per heavy atom. The van der Waals surface area contributed by atoms with Crippen LogP contribution in [0.2, 0.25) is 0 Å². The van der Waals surface area contributed by atoms with Crippen LogP contribution >= 0.6 is 0 Å². The van der Waals surface area contributed by atoms with Crippen LogP contribution in [0.4, 0.5) is 0 Å². The summed E-state index contributed by atoms with van der Waals surface area (Å²) in [5.74, 6) is 0.918. The molecule has 0 aromatic heterocycles. The van der Waals surface area contributed by atoms with Crippen molar-refractivity contribution in [3.05, 3.63) is 0 Å². The number of hydrogen-bond acceptors (Lipinski definition) is 2. The van der Waals surface area contributed by atoms with Crippen molar-refractivity contribution in [1.29, 1.82) is 0 Å². The van der Waals surface area contributed by atoms with Crippen molar-refractivity contribution in [1.82, 2.24) is 10.6 Å². The third-order valence-corrected chi connectivity index (χ3v) is 3.06. The molecule has 13 heavy (non-hydrogen) atoms. The molecule has 0 radical (unpaired) electrons. The minimum Gasteiger partial charge on any atom is -0.352 e. The normalized spacial score (nSPS) is 38.4. The van der Waals surface area contributed by atoms with Crippen molar-refractivity contribution in [2.75, 3.05) is 6.54 Å². The van der Waals surface area contributed by atoms with Gasteiger partial charge in [0.05, 0.1) is 6.04 Å². The van der Waals surface area contributed by atoms with Crippen LogP contribution < -0.4 is 10.6 Å². The molecule has 1 aliphatic carbocycles. The molecule has 74 valence electrons. The summed E-state index contributed by atoms with van der Waals surface area (Å²) in [4.78, 5) is 11.6. The number of piperidine rings is 1. The van der Waals surface area contributed by atoms with Crippen molar-refractivity contribution < 1.29 is 4.79 Å². The lowest BCUT2D eigenvalue weighted by Gasteiger charge is -2.22. The van der Waals surface area contributed by atoms with Gasteiger partial charge < -0.3 is 10.6 Å². The highest BCUT2D eigenvalue weighted by molar-refractivity contribution is 5.82. The van der Waals surface area contributed by atoms with Crippen molar-refractivity contribution in [3.8, 4) is 0 Å². The van der Waals surface area contributed by atoms with Gasteiger partial charge in [0.1, 0.15) is 0 Å². The summed E-state index contributed by atoms with van der Waals surface area (Å²) in [7, 11) is 0. The van der Waals surface area contributed by atoms with E-state index in [0.29, 0.717) is 12.0 Å². The maximum atomic E-state index is 11.6. The SMILES string of the molecule is CC1CC1NC(=O)[C@@H]1CCCCN1. The standard InChI is InChI=1S/C10H18N2O/c1-7-6-9(7)12-10(13)8-4-2-3-5-11-8/h7-9,11H,2-6H2,1H3,(H,12,13)/t7?,8-,9?/m0/s1. The number of rotatable bonds is 2. The molecule has 2 fully saturated rings. The average molecular weight is 182 g/mol. The lowest BCUT2D eigenvalue weighted by molar-refractivity contribution is -0.123. The Morgan fingerprint density at radius 1 is 1.46 bits per heavy atom. The van der Waals surface area contributed by atoms with Crippen LogP contribution in [-0.2, 0) is 4.79 Å². The summed E-state index contributed by atoms with van der Waals surface area (Å²) in [5, 5.41) is 6.33. The zero-order chi connectivity index (χ0) is 9.26. The van der Waals surface area contributed by atoms with Gasteiger partial charge in [-0.3, -0.25) is 4.79 Å². The Hall–Kier alpha value is -0.570. The van der Waals surface area contributed by atoms with Crippen LogP contribution in [0, 0.1) is 5.92 Å². The van der Waals surface area contributed by atoms with Gasteiger partial charge in [-0.05, 0) is 31.7 Å². The predicted octanol–water partition coefficient (Wildman–Crippen LogP) is 0.653. The third kappa shape index (κ3) is 2.21. The number of carbonyl (C=O) groups is 1. The Morgan fingerprint density at radius 3 is 2.77 bits per heavy atom. The van der Waals surface area contributed by atoms with Crippen LogP contribution in [0.25, 0.3) is 0 Å². The van der Waals surface area contributed by atoms with Gasteiger partial charge in [0.15, 0.2) is 0 Å². The van der Waals surface area contributed by atoms with Gasteiger partial charge >= 0.3 is 0 Å². The van der Waals surface area contributed by atoms with E-state index in [0.717, 1.165) is 13.0 Å². The van der Waals surface area contributed by atoms with Crippen molar-refractivity contribution in [2.45, 2.75) is 44.7 Å². The largest absolute Gasteiger partial charge is 0.352 e. The van der Waals surface area contributed by atoms with Gasteiger partial charge in [-0.1, -0.05) is 13.3 Å². The first kappa shape index (κ1) is 9.00. The van der Waals surface area contributed by atoms with Gasteiger partial charge in [0.2, 0.25) is 5.91 Å². The predicted molar refractivity (Wildman–Crippen MR) is 51.4 cm³/mol. The number of hydrogen-bond donors (Lipinski definition) is 2. The maximum Gasteiger partial charge on any atom is 0.237 e. The Kier molecular flexibility index (Phi) is 2.54. The summed E-state index contributed by atoms with van der Waals surface area (Å²) in [6.45, 7) is 3.18. The summed E-state index contributed by atoms with van der Waals surface area (Å²) in [6.07, 6.45) is 4.57. The molecule has 3 heteroatoms. The zero-order valence-electron chi connectivity index (χ0n) is 8.18. The van der Waals surface area contributed by atoms with E-state index < -0.39 is 0 Å². The molecule has 2 N–H and O–H groups in total. The maximum absolute atomic E-state index is 11.6. The Balaban J connectivity index is 1.75.